The van der Waals surface area contributed by atoms with Crippen LogP contribution in [0.25, 0.3) is 0 Å². The second-order valence-corrected chi connectivity index (χ2v) is 7.01. The minimum absolute atomic E-state index is 0.188. The van der Waals surface area contributed by atoms with Crippen LogP contribution >= 0.6 is 0 Å². The first-order chi connectivity index (χ1) is 8.15. The quantitative estimate of drug-likeness (QED) is 0.830. The Morgan fingerprint density at radius 3 is 2.39 bits per heavy atom. The molecule has 0 aliphatic rings. The molecular weight excluding hydrogens is 283 g/mol. The third kappa shape index (κ3) is 3.93. The molecule has 18 heavy (non-hydrogen) atoms. The zero-order valence-electron chi connectivity index (χ0n) is 9.55. The zero-order valence-corrected chi connectivity index (χ0v) is 11.2. The zero-order chi connectivity index (χ0) is 14.0. The van der Waals surface area contributed by atoms with Gasteiger partial charge in [-0.25, -0.2) is 26.4 Å². The van der Waals surface area contributed by atoms with Crippen LogP contribution in [0.2, 0.25) is 0 Å². The number of primary sulfonamides is 1. The van der Waals surface area contributed by atoms with E-state index in [4.69, 9.17) is 5.14 Å². The molecule has 0 aliphatic carbocycles. The van der Waals surface area contributed by atoms with E-state index >= 15 is 0 Å². The molecule has 0 heterocycles. The number of benzene rings is 1. The molecule has 0 amide bonds. The first-order valence-corrected chi connectivity index (χ1v) is 8.18. The van der Waals surface area contributed by atoms with Crippen LogP contribution in [0.15, 0.2) is 23.1 Å². The molecule has 102 valence electrons. The van der Waals surface area contributed by atoms with Crippen molar-refractivity contribution in [1.82, 2.24) is 0 Å². The van der Waals surface area contributed by atoms with E-state index in [0.717, 1.165) is 18.2 Å². The molecule has 0 bridgehead atoms. The van der Waals surface area contributed by atoms with Crippen molar-refractivity contribution in [2.45, 2.75) is 18.2 Å². The molecule has 0 radical (unpaired) electrons. The molecule has 0 spiro atoms. The van der Waals surface area contributed by atoms with Crippen LogP contribution < -0.4 is 9.86 Å². The first-order valence-electron chi connectivity index (χ1n) is 4.98. The Bertz CT molecular complexity index is 641. The van der Waals surface area contributed by atoms with Crippen molar-refractivity contribution in [3.8, 4) is 0 Å². The van der Waals surface area contributed by atoms with Gasteiger partial charge in [0.15, 0.2) is 0 Å². The van der Waals surface area contributed by atoms with Crippen molar-refractivity contribution in [3.63, 3.8) is 0 Å². The monoisotopic (exact) mass is 296 g/mol. The van der Waals surface area contributed by atoms with Gasteiger partial charge in [-0.2, -0.15) is 0 Å². The van der Waals surface area contributed by atoms with Crippen LogP contribution in [0.4, 0.5) is 10.1 Å². The van der Waals surface area contributed by atoms with Crippen LogP contribution in [0.3, 0.4) is 0 Å². The summed E-state index contributed by atoms with van der Waals surface area (Å²) in [5.74, 6) is -1.06. The summed E-state index contributed by atoms with van der Waals surface area (Å²) in [5, 5.41) is 4.87. The van der Waals surface area contributed by atoms with E-state index in [9.17, 15) is 21.2 Å². The summed E-state index contributed by atoms with van der Waals surface area (Å²) in [6.45, 7) is 1.65. The summed E-state index contributed by atoms with van der Waals surface area (Å²) < 4.78 is 60.4. The molecule has 0 saturated carbocycles. The highest BCUT2D eigenvalue weighted by atomic mass is 32.2. The van der Waals surface area contributed by atoms with Crippen molar-refractivity contribution >= 4 is 25.7 Å². The van der Waals surface area contributed by atoms with Gasteiger partial charge in [-0.05, 0) is 24.6 Å². The molecular formula is C9H13FN2O4S2. The van der Waals surface area contributed by atoms with Crippen molar-refractivity contribution < 1.29 is 21.2 Å². The highest BCUT2D eigenvalue weighted by Crippen LogP contribution is 2.20. The summed E-state index contributed by atoms with van der Waals surface area (Å²) >= 11 is 0. The van der Waals surface area contributed by atoms with E-state index in [1.54, 1.807) is 6.92 Å². The molecule has 3 N–H and O–H groups in total. The average Bonchev–Trinajstić information content (AvgIpc) is 2.19. The van der Waals surface area contributed by atoms with Gasteiger partial charge < -0.3 is 0 Å². The molecule has 6 nitrogen and oxygen atoms in total. The number of hydrogen-bond donors (Lipinski definition) is 2. The predicted octanol–water partition coefficient (Wildman–Crippen LogP) is 0.625. The average molecular weight is 296 g/mol. The third-order valence-corrected chi connectivity index (χ3v) is 4.39. The van der Waals surface area contributed by atoms with Crippen molar-refractivity contribution in [2.24, 2.45) is 5.14 Å². The summed E-state index contributed by atoms with van der Waals surface area (Å²) in [7, 11) is -7.71. The van der Waals surface area contributed by atoms with Gasteiger partial charge in [0.2, 0.25) is 20.0 Å². The van der Waals surface area contributed by atoms with Gasteiger partial charge in [0.1, 0.15) is 5.82 Å². The van der Waals surface area contributed by atoms with E-state index in [2.05, 4.69) is 0 Å². The van der Waals surface area contributed by atoms with E-state index < -0.39 is 31.6 Å². The lowest BCUT2D eigenvalue weighted by atomic mass is 10.3. The van der Waals surface area contributed by atoms with Gasteiger partial charge in [0.25, 0.3) is 0 Å². The molecule has 0 saturated heterocycles. The fourth-order valence-corrected chi connectivity index (χ4v) is 2.92. The van der Waals surface area contributed by atoms with E-state index in [-0.39, 0.29) is 10.6 Å². The van der Waals surface area contributed by atoms with Crippen LogP contribution in [-0.2, 0) is 20.0 Å². The summed E-state index contributed by atoms with van der Waals surface area (Å²) in [6, 6.07) is 2.64. The van der Waals surface area contributed by atoms with Crippen LogP contribution in [-0.4, -0.2) is 22.6 Å². The Morgan fingerprint density at radius 1 is 1.28 bits per heavy atom. The minimum Gasteiger partial charge on any atom is -0.281 e. The summed E-state index contributed by atoms with van der Waals surface area (Å²) in [6.07, 6.45) is 0.353. The van der Waals surface area contributed by atoms with Crippen molar-refractivity contribution in [2.75, 3.05) is 10.5 Å². The Kier molecular flexibility index (Phi) is 4.30. The third-order valence-electron chi connectivity index (χ3n) is 2.00. The van der Waals surface area contributed by atoms with Gasteiger partial charge in [-0.15, -0.1) is 0 Å². The van der Waals surface area contributed by atoms with E-state index in [1.807, 2.05) is 4.72 Å². The highest BCUT2D eigenvalue weighted by molar-refractivity contribution is 7.92. The number of nitrogens with one attached hydrogen (secondary N) is 1. The van der Waals surface area contributed by atoms with Crippen molar-refractivity contribution in [1.29, 1.82) is 0 Å². The van der Waals surface area contributed by atoms with E-state index in [0.29, 0.717) is 6.42 Å². The van der Waals surface area contributed by atoms with Crippen molar-refractivity contribution in [3.05, 3.63) is 24.0 Å². The SMILES string of the molecule is CCCS(=O)(=O)Nc1cc(S(N)(=O)=O)ccc1F. The van der Waals surface area contributed by atoms with Crippen LogP contribution in [0, 0.1) is 5.82 Å². The number of anilines is 1. The number of nitrogens with two attached hydrogens (primary N) is 1. The van der Waals surface area contributed by atoms with Gasteiger partial charge in [-0.1, -0.05) is 6.92 Å². The maximum atomic E-state index is 13.4. The Hall–Kier alpha value is -1.19. The molecule has 0 fully saturated rings. The van der Waals surface area contributed by atoms with Crippen LogP contribution in [0.1, 0.15) is 13.3 Å². The Labute approximate surface area is 105 Å². The normalized spacial score (nSPS) is 12.4. The summed E-state index contributed by atoms with van der Waals surface area (Å²) in [4.78, 5) is -0.363. The largest absolute Gasteiger partial charge is 0.281 e. The lowest BCUT2D eigenvalue weighted by Gasteiger charge is -2.09. The fourth-order valence-electron chi connectivity index (χ4n) is 1.25. The maximum Gasteiger partial charge on any atom is 0.238 e. The summed E-state index contributed by atoms with van der Waals surface area (Å²) in [5.41, 5.74) is -0.435. The first kappa shape index (κ1) is 14.9. The Morgan fingerprint density at radius 2 is 1.89 bits per heavy atom. The number of hydrogen-bond acceptors (Lipinski definition) is 4. The highest BCUT2D eigenvalue weighted by Gasteiger charge is 2.15. The Balaban J connectivity index is 3.18. The second kappa shape index (κ2) is 5.21. The molecule has 0 atom stereocenters. The number of halogens is 1. The second-order valence-electron chi connectivity index (χ2n) is 3.61. The smallest absolute Gasteiger partial charge is 0.238 e. The van der Waals surface area contributed by atoms with Gasteiger partial charge in [-0.3, -0.25) is 4.72 Å². The number of rotatable bonds is 5. The molecule has 0 aliphatic heterocycles. The van der Waals surface area contributed by atoms with Gasteiger partial charge in [0.05, 0.1) is 16.3 Å². The lowest BCUT2D eigenvalue weighted by Crippen LogP contribution is -2.18. The van der Waals surface area contributed by atoms with Crippen LogP contribution in [0.5, 0.6) is 0 Å². The standard InChI is InChI=1S/C9H13FN2O4S2/c1-2-5-17(13,14)12-9-6-7(18(11,15)16)3-4-8(9)10/h3-4,6,12H,2,5H2,1H3,(H2,11,15,16). The predicted molar refractivity (Wildman–Crippen MR) is 65.5 cm³/mol. The molecule has 1 rings (SSSR count). The molecule has 1 aromatic rings. The number of sulfonamides is 2. The van der Waals surface area contributed by atoms with Gasteiger partial charge in [0, 0.05) is 0 Å². The lowest BCUT2D eigenvalue weighted by molar-refractivity contribution is 0.593. The maximum absolute atomic E-state index is 13.4. The fraction of sp³-hybridized carbons (Fsp3) is 0.333. The topological polar surface area (TPSA) is 106 Å². The molecule has 1 aromatic carbocycles. The molecule has 0 unspecified atom stereocenters. The molecule has 9 heteroatoms. The minimum atomic E-state index is -4.01. The van der Waals surface area contributed by atoms with Gasteiger partial charge >= 0.3 is 0 Å². The van der Waals surface area contributed by atoms with E-state index in [1.165, 1.54) is 0 Å². The molecule has 0 aromatic heterocycles.